The predicted octanol–water partition coefficient (Wildman–Crippen LogP) is 2.55. The third-order valence-corrected chi connectivity index (χ3v) is 4.15. The van der Waals surface area contributed by atoms with Gasteiger partial charge in [-0.25, -0.2) is 0 Å². The fourth-order valence-electron chi connectivity index (χ4n) is 2.91. The highest BCUT2D eigenvalue weighted by atomic mass is 15.5. The van der Waals surface area contributed by atoms with Crippen molar-refractivity contribution in [3.8, 4) is 0 Å². The van der Waals surface area contributed by atoms with Crippen LogP contribution in [0.3, 0.4) is 0 Å². The van der Waals surface area contributed by atoms with Gasteiger partial charge in [-0.05, 0) is 24.6 Å². The summed E-state index contributed by atoms with van der Waals surface area (Å²) in [6.45, 7) is 0. The lowest BCUT2D eigenvalue weighted by atomic mass is 9.85. The smallest absolute Gasteiger partial charge is 0.176 e. The summed E-state index contributed by atoms with van der Waals surface area (Å²) >= 11 is 0. The molecule has 1 atom stereocenters. The van der Waals surface area contributed by atoms with E-state index < -0.39 is 0 Å². The molecule has 0 saturated heterocycles. The maximum absolute atomic E-state index is 4.07. The van der Waals surface area contributed by atoms with E-state index in [1.165, 1.54) is 11.1 Å². The molecule has 0 aliphatic heterocycles. The van der Waals surface area contributed by atoms with Crippen LogP contribution >= 0.6 is 0 Å². The van der Waals surface area contributed by atoms with Gasteiger partial charge in [0.15, 0.2) is 5.82 Å². The monoisotopic (exact) mass is 307 g/mol. The van der Waals surface area contributed by atoms with Crippen LogP contribution < -0.4 is 5.32 Å². The van der Waals surface area contributed by atoms with Crippen LogP contribution in [-0.2, 0) is 6.42 Å². The first kappa shape index (κ1) is 15.4. The van der Waals surface area contributed by atoms with Crippen LogP contribution in [0.5, 0.6) is 0 Å². The molecule has 0 radical (unpaired) electrons. The normalized spacial score (nSPS) is 12.4. The van der Waals surface area contributed by atoms with E-state index >= 15 is 0 Å². The Labute approximate surface area is 136 Å². The Hall–Kier alpha value is -2.53. The average molecular weight is 307 g/mol. The van der Waals surface area contributed by atoms with Gasteiger partial charge in [-0.15, -0.1) is 10.2 Å². The number of H-pyrrole nitrogens is 1. The number of hydrogen-bond donors (Lipinski definition) is 2. The molecule has 0 aliphatic rings. The molecule has 0 saturated carbocycles. The fraction of sp³-hybridized carbons (Fsp3) is 0.278. The standard InChI is InChI=1S/C18H21N5/c1-19-16(13-18-20-22-23-21-18)12-17(14-8-4-2-5-9-14)15-10-6-3-7-11-15/h2-11,16-17,19H,12-13H2,1H3,(H,20,21,22,23). The summed E-state index contributed by atoms with van der Waals surface area (Å²) in [6.07, 6.45) is 1.72. The number of aromatic amines is 1. The summed E-state index contributed by atoms with van der Waals surface area (Å²) in [5.41, 5.74) is 2.65. The van der Waals surface area contributed by atoms with Crippen LogP contribution in [0.25, 0.3) is 0 Å². The summed E-state index contributed by atoms with van der Waals surface area (Å²) < 4.78 is 0. The van der Waals surface area contributed by atoms with Gasteiger partial charge >= 0.3 is 0 Å². The maximum atomic E-state index is 4.07. The van der Waals surface area contributed by atoms with E-state index in [9.17, 15) is 0 Å². The molecule has 5 nitrogen and oxygen atoms in total. The lowest BCUT2D eigenvalue weighted by Gasteiger charge is -2.23. The molecule has 0 bridgehead atoms. The highest BCUT2D eigenvalue weighted by molar-refractivity contribution is 5.32. The number of benzene rings is 2. The van der Waals surface area contributed by atoms with Crippen LogP contribution in [0.4, 0.5) is 0 Å². The second kappa shape index (κ2) is 7.65. The van der Waals surface area contributed by atoms with Crippen molar-refractivity contribution >= 4 is 0 Å². The Morgan fingerprint density at radius 3 is 2.04 bits per heavy atom. The van der Waals surface area contributed by atoms with E-state index in [0.29, 0.717) is 5.92 Å². The van der Waals surface area contributed by atoms with Crippen molar-refractivity contribution in [3.05, 3.63) is 77.6 Å². The minimum atomic E-state index is 0.276. The second-order valence-electron chi connectivity index (χ2n) is 5.63. The number of aromatic nitrogens is 4. The van der Waals surface area contributed by atoms with Crippen molar-refractivity contribution in [2.75, 3.05) is 7.05 Å². The lowest BCUT2D eigenvalue weighted by Crippen LogP contribution is -2.30. The van der Waals surface area contributed by atoms with Crippen molar-refractivity contribution in [1.82, 2.24) is 25.9 Å². The highest BCUT2D eigenvalue weighted by Gasteiger charge is 2.20. The summed E-state index contributed by atoms with van der Waals surface area (Å²) in [4.78, 5) is 0. The Bertz CT molecular complexity index is 642. The zero-order valence-corrected chi connectivity index (χ0v) is 13.2. The molecule has 23 heavy (non-hydrogen) atoms. The molecule has 0 amide bonds. The average Bonchev–Trinajstić information content (AvgIpc) is 3.13. The largest absolute Gasteiger partial charge is 0.317 e. The molecule has 2 N–H and O–H groups in total. The van der Waals surface area contributed by atoms with Gasteiger partial charge in [-0.3, -0.25) is 0 Å². The van der Waals surface area contributed by atoms with E-state index in [4.69, 9.17) is 0 Å². The molecule has 1 heterocycles. The minimum Gasteiger partial charge on any atom is -0.317 e. The summed E-state index contributed by atoms with van der Waals surface area (Å²) in [7, 11) is 1.98. The third-order valence-electron chi connectivity index (χ3n) is 4.15. The molecule has 0 aliphatic carbocycles. The van der Waals surface area contributed by atoms with Gasteiger partial charge in [0, 0.05) is 18.4 Å². The van der Waals surface area contributed by atoms with E-state index in [2.05, 4.69) is 86.6 Å². The number of likely N-dealkylation sites (N-methyl/N-ethyl adjacent to an activating group) is 1. The van der Waals surface area contributed by atoms with Gasteiger partial charge in [0.2, 0.25) is 0 Å². The van der Waals surface area contributed by atoms with Crippen molar-refractivity contribution in [2.45, 2.75) is 24.8 Å². The lowest BCUT2D eigenvalue weighted by molar-refractivity contribution is 0.483. The molecule has 3 aromatic rings. The van der Waals surface area contributed by atoms with Gasteiger partial charge in [0.05, 0.1) is 0 Å². The van der Waals surface area contributed by atoms with Crippen LogP contribution in [0.15, 0.2) is 60.7 Å². The Morgan fingerprint density at radius 1 is 0.957 bits per heavy atom. The molecule has 1 unspecified atom stereocenters. The zero-order valence-electron chi connectivity index (χ0n) is 13.2. The van der Waals surface area contributed by atoms with Gasteiger partial charge in [0.1, 0.15) is 0 Å². The first-order valence-corrected chi connectivity index (χ1v) is 7.86. The van der Waals surface area contributed by atoms with Gasteiger partial charge in [-0.1, -0.05) is 65.9 Å². The molecule has 3 rings (SSSR count). The topological polar surface area (TPSA) is 66.5 Å². The predicted molar refractivity (Wildman–Crippen MR) is 90.1 cm³/mol. The molecule has 1 aromatic heterocycles. The molecule has 2 aromatic carbocycles. The highest BCUT2D eigenvalue weighted by Crippen LogP contribution is 2.29. The van der Waals surface area contributed by atoms with Crippen LogP contribution in [0.2, 0.25) is 0 Å². The van der Waals surface area contributed by atoms with E-state index in [0.717, 1.165) is 18.7 Å². The van der Waals surface area contributed by atoms with E-state index in [1.807, 2.05) is 7.05 Å². The molecule has 118 valence electrons. The first-order valence-electron chi connectivity index (χ1n) is 7.86. The Morgan fingerprint density at radius 2 is 1.57 bits per heavy atom. The number of nitrogens with one attached hydrogen (secondary N) is 2. The first-order chi connectivity index (χ1) is 11.4. The summed E-state index contributed by atoms with van der Waals surface area (Å²) in [5.74, 6) is 1.07. The molecular weight excluding hydrogens is 286 g/mol. The van der Waals surface area contributed by atoms with Crippen molar-refractivity contribution in [3.63, 3.8) is 0 Å². The Kier molecular flexibility index (Phi) is 5.11. The minimum absolute atomic E-state index is 0.276. The molecule has 0 spiro atoms. The maximum Gasteiger partial charge on any atom is 0.176 e. The number of tetrazole rings is 1. The van der Waals surface area contributed by atoms with Crippen LogP contribution in [-0.4, -0.2) is 33.7 Å². The summed E-state index contributed by atoms with van der Waals surface area (Å²) in [5, 5.41) is 17.7. The second-order valence-corrected chi connectivity index (χ2v) is 5.63. The summed E-state index contributed by atoms with van der Waals surface area (Å²) in [6, 6.07) is 21.5. The quantitative estimate of drug-likeness (QED) is 0.704. The van der Waals surface area contributed by atoms with Crippen LogP contribution in [0, 0.1) is 0 Å². The fourth-order valence-corrected chi connectivity index (χ4v) is 2.91. The van der Waals surface area contributed by atoms with E-state index in [-0.39, 0.29) is 6.04 Å². The number of nitrogens with zero attached hydrogens (tertiary/aromatic N) is 3. The van der Waals surface area contributed by atoms with Crippen molar-refractivity contribution in [1.29, 1.82) is 0 Å². The Balaban J connectivity index is 1.83. The van der Waals surface area contributed by atoms with Gasteiger partial charge in [-0.2, -0.15) is 5.21 Å². The van der Waals surface area contributed by atoms with E-state index in [1.54, 1.807) is 0 Å². The SMILES string of the molecule is CNC(Cc1nn[nH]n1)CC(c1ccccc1)c1ccccc1. The molecule has 0 fully saturated rings. The number of rotatable bonds is 7. The third kappa shape index (κ3) is 4.02. The molecular formula is C18H21N5. The number of hydrogen-bond acceptors (Lipinski definition) is 4. The van der Waals surface area contributed by atoms with Crippen molar-refractivity contribution in [2.24, 2.45) is 0 Å². The van der Waals surface area contributed by atoms with Crippen molar-refractivity contribution < 1.29 is 0 Å². The van der Waals surface area contributed by atoms with Gasteiger partial charge < -0.3 is 5.32 Å². The zero-order chi connectivity index (χ0) is 15.9. The van der Waals surface area contributed by atoms with Gasteiger partial charge in [0.25, 0.3) is 0 Å². The van der Waals surface area contributed by atoms with Crippen LogP contribution in [0.1, 0.15) is 29.3 Å². The molecule has 5 heteroatoms.